The van der Waals surface area contributed by atoms with Crippen molar-refractivity contribution in [2.24, 2.45) is 5.73 Å². The van der Waals surface area contributed by atoms with Crippen molar-refractivity contribution in [2.75, 3.05) is 19.6 Å². The second-order valence-electron chi connectivity index (χ2n) is 5.33. The predicted molar refractivity (Wildman–Crippen MR) is 68.8 cm³/mol. The SMILES string of the molecule is CCN(C(=O)N1CCCC1)C1CCC(N)CC1. The lowest BCUT2D eigenvalue weighted by atomic mass is 9.91. The minimum atomic E-state index is 0.255. The van der Waals surface area contributed by atoms with Crippen LogP contribution >= 0.6 is 0 Å². The van der Waals surface area contributed by atoms with Crippen molar-refractivity contribution < 1.29 is 4.79 Å². The highest BCUT2D eigenvalue weighted by Gasteiger charge is 2.30. The Labute approximate surface area is 104 Å². The second-order valence-corrected chi connectivity index (χ2v) is 5.33. The van der Waals surface area contributed by atoms with E-state index < -0.39 is 0 Å². The Balaban J connectivity index is 1.92. The summed E-state index contributed by atoms with van der Waals surface area (Å²) in [5.74, 6) is 0. The molecule has 1 heterocycles. The first kappa shape index (κ1) is 12.7. The number of carbonyl (C=O) groups is 1. The van der Waals surface area contributed by atoms with Crippen LogP contribution in [0, 0.1) is 0 Å². The Morgan fingerprint density at radius 3 is 2.35 bits per heavy atom. The zero-order chi connectivity index (χ0) is 12.3. The third kappa shape index (κ3) is 2.92. The molecule has 2 aliphatic rings. The molecule has 2 fully saturated rings. The molecule has 2 rings (SSSR count). The first-order valence-electron chi connectivity index (χ1n) is 7.03. The minimum Gasteiger partial charge on any atom is -0.328 e. The van der Waals surface area contributed by atoms with Gasteiger partial charge in [-0.15, -0.1) is 0 Å². The number of carbonyl (C=O) groups excluding carboxylic acids is 1. The van der Waals surface area contributed by atoms with Gasteiger partial charge in [0.1, 0.15) is 0 Å². The van der Waals surface area contributed by atoms with Gasteiger partial charge in [-0.25, -0.2) is 4.79 Å². The Morgan fingerprint density at radius 2 is 1.82 bits per heavy atom. The van der Waals surface area contributed by atoms with Crippen molar-refractivity contribution in [2.45, 2.75) is 57.5 Å². The maximum Gasteiger partial charge on any atom is 0.320 e. The van der Waals surface area contributed by atoms with Crippen LogP contribution in [0.15, 0.2) is 0 Å². The molecule has 1 aliphatic heterocycles. The molecule has 0 aromatic heterocycles. The van der Waals surface area contributed by atoms with Crippen LogP contribution in [0.3, 0.4) is 0 Å². The third-order valence-corrected chi connectivity index (χ3v) is 4.15. The summed E-state index contributed by atoms with van der Waals surface area (Å²) in [7, 11) is 0. The van der Waals surface area contributed by atoms with E-state index in [-0.39, 0.29) is 6.03 Å². The molecule has 0 spiro atoms. The van der Waals surface area contributed by atoms with Gasteiger partial charge in [0.05, 0.1) is 0 Å². The van der Waals surface area contributed by atoms with Gasteiger partial charge in [0, 0.05) is 31.7 Å². The van der Waals surface area contributed by atoms with Gasteiger partial charge in [-0.2, -0.15) is 0 Å². The molecule has 2 N–H and O–H groups in total. The van der Waals surface area contributed by atoms with E-state index in [1.807, 2.05) is 4.90 Å². The van der Waals surface area contributed by atoms with Gasteiger partial charge in [0.15, 0.2) is 0 Å². The van der Waals surface area contributed by atoms with Crippen molar-refractivity contribution in [3.05, 3.63) is 0 Å². The highest BCUT2D eigenvalue weighted by molar-refractivity contribution is 5.75. The van der Waals surface area contributed by atoms with Crippen LogP contribution in [0.1, 0.15) is 45.4 Å². The number of hydrogen-bond acceptors (Lipinski definition) is 2. The molecular formula is C13H25N3O. The van der Waals surface area contributed by atoms with Gasteiger partial charge in [0.2, 0.25) is 0 Å². The second kappa shape index (κ2) is 5.71. The summed E-state index contributed by atoms with van der Waals surface area (Å²) in [5.41, 5.74) is 5.92. The van der Waals surface area contributed by atoms with Crippen molar-refractivity contribution in [3.63, 3.8) is 0 Å². The number of likely N-dealkylation sites (tertiary alicyclic amines) is 1. The zero-order valence-electron chi connectivity index (χ0n) is 10.9. The summed E-state index contributed by atoms with van der Waals surface area (Å²) in [6.07, 6.45) is 6.61. The molecule has 4 heteroatoms. The lowest BCUT2D eigenvalue weighted by Gasteiger charge is -2.37. The Bertz CT molecular complexity index is 255. The van der Waals surface area contributed by atoms with Gasteiger partial charge in [-0.1, -0.05) is 0 Å². The third-order valence-electron chi connectivity index (χ3n) is 4.15. The number of amides is 2. The van der Waals surface area contributed by atoms with Gasteiger partial charge in [-0.05, 0) is 45.4 Å². The van der Waals surface area contributed by atoms with E-state index >= 15 is 0 Å². The van der Waals surface area contributed by atoms with Crippen LogP contribution in [-0.4, -0.2) is 47.5 Å². The maximum absolute atomic E-state index is 12.4. The summed E-state index contributed by atoms with van der Waals surface area (Å²) in [4.78, 5) is 16.5. The van der Waals surface area contributed by atoms with Crippen molar-refractivity contribution in [3.8, 4) is 0 Å². The molecule has 98 valence electrons. The van der Waals surface area contributed by atoms with Crippen LogP contribution in [0.4, 0.5) is 4.79 Å². The molecule has 0 aromatic carbocycles. The zero-order valence-corrected chi connectivity index (χ0v) is 10.9. The Kier molecular flexibility index (Phi) is 4.26. The lowest BCUT2D eigenvalue weighted by Crippen LogP contribution is -2.49. The molecule has 4 nitrogen and oxygen atoms in total. The predicted octanol–water partition coefficient (Wildman–Crippen LogP) is 1.79. The maximum atomic E-state index is 12.4. The molecule has 0 aromatic rings. The van der Waals surface area contributed by atoms with Gasteiger partial charge < -0.3 is 15.5 Å². The van der Waals surface area contributed by atoms with E-state index in [9.17, 15) is 4.79 Å². The van der Waals surface area contributed by atoms with Gasteiger partial charge in [0.25, 0.3) is 0 Å². The van der Waals surface area contributed by atoms with Crippen LogP contribution in [0.2, 0.25) is 0 Å². The number of hydrogen-bond donors (Lipinski definition) is 1. The highest BCUT2D eigenvalue weighted by Crippen LogP contribution is 2.23. The van der Waals surface area contributed by atoms with E-state index in [1.165, 1.54) is 12.8 Å². The largest absolute Gasteiger partial charge is 0.328 e. The summed E-state index contributed by atoms with van der Waals surface area (Å²) < 4.78 is 0. The number of urea groups is 1. The summed E-state index contributed by atoms with van der Waals surface area (Å²) in [5, 5.41) is 0. The molecule has 1 saturated heterocycles. The van der Waals surface area contributed by atoms with E-state index in [4.69, 9.17) is 5.73 Å². The quantitative estimate of drug-likeness (QED) is 0.798. The fourth-order valence-electron chi connectivity index (χ4n) is 3.05. The van der Waals surface area contributed by atoms with Crippen molar-refractivity contribution >= 4 is 6.03 Å². The topological polar surface area (TPSA) is 49.6 Å². The molecule has 1 saturated carbocycles. The Hall–Kier alpha value is -0.770. The fraction of sp³-hybridized carbons (Fsp3) is 0.923. The summed E-state index contributed by atoms with van der Waals surface area (Å²) in [6.45, 7) is 4.81. The molecule has 0 unspecified atom stereocenters. The highest BCUT2D eigenvalue weighted by atomic mass is 16.2. The monoisotopic (exact) mass is 239 g/mol. The van der Waals surface area contributed by atoms with Crippen LogP contribution < -0.4 is 5.73 Å². The van der Waals surface area contributed by atoms with Crippen LogP contribution in [0.25, 0.3) is 0 Å². The van der Waals surface area contributed by atoms with Crippen LogP contribution in [-0.2, 0) is 0 Å². The number of nitrogens with zero attached hydrogens (tertiary/aromatic N) is 2. The number of nitrogens with two attached hydrogens (primary N) is 1. The van der Waals surface area contributed by atoms with E-state index in [0.717, 1.165) is 45.3 Å². The molecule has 17 heavy (non-hydrogen) atoms. The van der Waals surface area contributed by atoms with E-state index in [1.54, 1.807) is 0 Å². The summed E-state index contributed by atoms with van der Waals surface area (Å²) in [6, 6.07) is 1.03. The normalized spacial score (nSPS) is 29.4. The van der Waals surface area contributed by atoms with Gasteiger partial charge in [-0.3, -0.25) is 0 Å². The van der Waals surface area contributed by atoms with Crippen molar-refractivity contribution in [1.29, 1.82) is 0 Å². The smallest absolute Gasteiger partial charge is 0.320 e. The minimum absolute atomic E-state index is 0.255. The Morgan fingerprint density at radius 1 is 1.24 bits per heavy atom. The molecule has 1 aliphatic carbocycles. The molecule has 0 radical (unpaired) electrons. The molecule has 0 atom stereocenters. The summed E-state index contributed by atoms with van der Waals surface area (Å²) >= 11 is 0. The van der Waals surface area contributed by atoms with E-state index in [0.29, 0.717) is 12.1 Å². The van der Waals surface area contributed by atoms with Crippen LogP contribution in [0.5, 0.6) is 0 Å². The lowest BCUT2D eigenvalue weighted by molar-refractivity contribution is 0.127. The molecule has 2 amide bonds. The average Bonchev–Trinajstić information content (AvgIpc) is 2.86. The average molecular weight is 239 g/mol. The molecular weight excluding hydrogens is 214 g/mol. The standard InChI is InChI=1S/C13H25N3O/c1-2-16(12-7-5-11(14)6-8-12)13(17)15-9-3-4-10-15/h11-12H,2-10,14H2,1H3. The first-order chi connectivity index (χ1) is 8.22. The van der Waals surface area contributed by atoms with Crippen molar-refractivity contribution in [1.82, 2.24) is 9.80 Å². The number of rotatable bonds is 2. The van der Waals surface area contributed by atoms with Gasteiger partial charge >= 0.3 is 6.03 Å². The van der Waals surface area contributed by atoms with E-state index in [2.05, 4.69) is 11.8 Å². The fourth-order valence-corrected chi connectivity index (χ4v) is 3.05. The molecule has 0 bridgehead atoms. The first-order valence-corrected chi connectivity index (χ1v) is 7.03.